The lowest BCUT2D eigenvalue weighted by Crippen LogP contribution is -2.29. The van der Waals surface area contributed by atoms with E-state index in [4.69, 9.17) is 9.47 Å². The van der Waals surface area contributed by atoms with Gasteiger partial charge < -0.3 is 14.6 Å². The van der Waals surface area contributed by atoms with Crippen LogP contribution in [-0.2, 0) is 22.4 Å². The van der Waals surface area contributed by atoms with Gasteiger partial charge in [0, 0.05) is 17.3 Å². The normalized spacial score (nSPS) is 18.5. The van der Waals surface area contributed by atoms with Crippen molar-refractivity contribution in [2.45, 2.75) is 45.6 Å². The van der Waals surface area contributed by atoms with E-state index in [0.29, 0.717) is 41.5 Å². The molecule has 0 aromatic heterocycles. The van der Waals surface area contributed by atoms with Crippen molar-refractivity contribution in [3.05, 3.63) is 94.6 Å². The standard InChI is InChI=1S/C31H31NO5/c1-3-36-25-13-7-11-22(18-25)28-27(29(33)23-16-15-20-9-5-6-10-21(20)17-23)30(34)31(35)32(28)24-12-8-14-26(19-24)37-4-2/h7-8,11-19,28,33H,3-6,9-10H2,1-2H3/b29-27-. The third-order valence-corrected chi connectivity index (χ3v) is 6.96. The first-order valence-electron chi connectivity index (χ1n) is 12.9. The summed E-state index contributed by atoms with van der Waals surface area (Å²) in [5.74, 6) is -0.355. The zero-order valence-electron chi connectivity index (χ0n) is 21.2. The van der Waals surface area contributed by atoms with E-state index in [1.165, 1.54) is 16.0 Å². The number of ether oxygens (including phenoxy) is 2. The van der Waals surface area contributed by atoms with E-state index in [1.807, 2.05) is 56.3 Å². The average Bonchev–Trinajstić information content (AvgIpc) is 3.19. The molecule has 1 heterocycles. The molecule has 1 saturated heterocycles. The molecule has 6 heteroatoms. The number of amides is 1. The van der Waals surface area contributed by atoms with Crippen LogP contribution in [0.2, 0.25) is 0 Å². The van der Waals surface area contributed by atoms with Gasteiger partial charge in [0.05, 0.1) is 24.8 Å². The van der Waals surface area contributed by atoms with Crippen LogP contribution < -0.4 is 14.4 Å². The van der Waals surface area contributed by atoms with Crippen molar-refractivity contribution in [3.63, 3.8) is 0 Å². The van der Waals surface area contributed by atoms with Crippen molar-refractivity contribution in [3.8, 4) is 11.5 Å². The van der Waals surface area contributed by atoms with Gasteiger partial charge in [0.15, 0.2) is 0 Å². The zero-order valence-corrected chi connectivity index (χ0v) is 21.2. The summed E-state index contributed by atoms with van der Waals surface area (Å²) in [6.45, 7) is 4.74. The predicted octanol–water partition coefficient (Wildman–Crippen LogP) is 5.99. The topological polar surface area (TPSA) is 76.1 Å². The molecule has 1 aliphatic heterocycles. The molecule has 0 saturated carbocycles. The van der Waals surface area contributed by atoms with E-state index in [0.717, 1.165) is 25.7 Å². The van der Waals surface area contributed by atoms with Crippen LogP contribution in [0, 0.1) is 0 Å². The molecule has 5 rings (SSSR count). The summed E-state index contributed by atoms with van der Waals surface area (Å²) in [4.78, 5) is 28.5. The maximum Gasteiger partial charge on any atom is 0.300 e. The Balaban J connectivity index is 1.68. The van der Waals surface area contributed by atoms with Gasteiger partial charge >= 0.3 is 0 Å². The first-order valence-corrected chi connectivity index (χ1v) is 12.9. The molecule has 1 N–H and O–H groups in total. The Morgan fingerprint density at radius 1 is 0.865 bits per heavy atom. The molecule has 2 aliphatic rings. The molecule has 6 nitrogen and oxygen atoms in total. The van der Waals surface area contributed by atoms with E-state index in [9.17, 15) is 14.7 Å². The van der Waals surface area contributed by atoms with E-state index in [2.05, 4.69) is 0 Å². The number of hydrogen-bond acceptors (Lipinski definition) is 5. The number of aliphatic hydroxyl groups excluding tert-OH is 1. The summed E-state index contributed by atoms with van der Waals surface area (Å²) in [6, 6.07) is 19.4. The minimum absolute atomic E-state index is 0.0659. The summed E-state index contributed by atoms with van der Waals surface area (Å²) >= 11 is 0. The molecule has 0 radical (unpaired) electrons. The van der Waals surface area contributed by atoms with Crippen LogP contribution in [0.15, 0.2) is 72.3 Å². The van der Waals surface area contributed by atoms with Crippen molar-refractivity contribution in [2.75, 3.05) is 18.1 Å². The Hall–Kier alpha value is -4.06. The van der Waals surface area contributed by atoms with E-state index < -0.39 is 17.7 Å². The van der Waals surface area contributed by atoms with Crippen LogP contribution in [0.1, 0.15) is 55.0 Å². The fourth-order valence-electron chi connectivity index (χ4n) is 5.28. The Morgan fingerprint density at radius 2 is 1.54 bits per heavy atom. The van der Waals surface area contributed by atoms with Gasteiger partial charge in [0.25, 0.3) is 11.7 Å². The van der Waals surface area contributed by atoms with Gasteiger partial charge in [0.1, 0.15) is 17.3 Å². The number of hydrogen-bond donors (Lipinski definition) is 1. The quantitative estimate of drug-likeness (QED) is 0.247. The number of Topliss-reactive ketones (excluding diaryl/α,β-unsaturated/α-hetero) is 1. The molecule has 3 aromatic carbocycles. The lowest BCUT2D eigenvalue weighted by Gasteiger charge is -2.26. The van der Waals surface area contributed by atoms with Gasteiger partial charge in [-0.3, -0.25) is 14.5 Å². The predicted molar refractivity (Wildman–Crippen MR) is 143 cm³/mol. The van der Waals surface area contributed by atoms with Crippen LogP contribution in [0.4, 0.5) is 5.69 Å². The molecule has 37 heavy (non-hydrogen) atoms. The first-order chi connectivity index (χ1) is 18.0. The molecule has 1 aliphatic carbocycles. The largest absolute Gasteiger partial charge is 0.507 e. The highest BCUT2D eigenvalue weighted by Gasteiger charge is 2.47. The molecule has 0 bridgehead atoms. The SMILES string of the molecule is CCOc1cccc(C2/C(=C(/O)c3ccc4c(c3)CCCC4)C(=O)C(=O)N2c2cccc(OCC)c2)c1. The van der Waals surface area contributed by atoms with E-state index >= 15 is 0 Å². The van der Waals surface area contributed by atoms with E-state index in [1.54, 1.807) is 24.3 Å². The number of aliphatic hydroxyl groups is 1. The molecule has 3 aromatic rings. The second-order valence-electron chi connectivity index (χ2n) is 9.30. The molecule has 1 atom stereocenters. The van der Waals surface area contributed by atoms with Gasteiger partial charge in [0.2, 0.25) is 0 Å². The maximum atomic E-state index is 13.5. The lowest BCUT2D eigenvalue weighted by molar-refractivity contribution is -0.132. The van der Waals surface area contributed by atoms with Gasteiger partial charge in [-0.2, -0.15) is 0 Å². The summed E-state index contributed by atoms with van der Waals surface area (Å²) < 4.78 is 11.4. The summed E-state index contributed by atoms with van der Waals surface area (Å²) in [7, 11) is 0. The fourth-order valence-corrected chi connectivity index (χ4v) is 5.28. The smallest absolute Gasteiger partial charge is 0.300 e. The second-order valence-corrected chi connectivity index (χ2v) is 9.30. The minimum Gasteiger partial charge on any atom is -0.507 e. The van der Waals surface area contributed by atoms with Crippen LogP contribution >= 0.6 is 0 Å². The molecule has 1 unspecified atom stereocenters. The number of anilines is 1. The average molecular weight is 498 g/mol. The number of carbonyl (C=O) groups excluding carboxylic acids is 2. The van der Waals surface area contributed by atoms with Crippen LogP contribution in [0.25, 0.3) is 5.76 Å². The van der Waals surface area contributed by atoms with Crippen molar-refractivity contribution in [1.82, 2.24) is 0 Å². The second kappa shape index (κ2) is 10.5. The Morgan fingerprint density at radius 3 is 2.27 bits per heavy atom. The number of nitrogens with zero attached hydrogens (tertiary/aromatic N) is 1. The zero-order chi connectivity index (χ0) is 25.9. The number of fused-ring (bicyclic) bond motifs is 1. The molecule has 1 amide bonds. The summed E-state index contributed by atoms with van der Waals surface area (Å²) in [6.07, 6.45) is 4.21. The molecule has 190 valence electrons. The third kappa shape index (κ3) is 4.71. The highest BCUT2D eigenvalue weighted by molar-refractivity contribution is 6.51. The molecule has 0 spiro atoms. The Labute approximate surface area is 217 Å². The molecular weight excluding hydrogens is 466 g/mol. The highest BCUT2D eigenvalue weighted by Crippen LogP contribution is 2.43. The highest BCUT2D eigenvalue weighted by atomic mass is 16.5. The van der Waals surface area contributed by atoms with Crippen LogP contribution in [0.3, 0.4) is 0 Å². The number of ketones is 1. The van der Waals surface area contributed by atoms with Gasteiger partial charge in [-0.1, -0.05) is 30.3 Å². The molecular formula is C31H31NO5. The van der Waals surface area contributed by atoms with Gasteiger partial charge in [-0.05, 0) is 86.6 Å². The van der Waals surface area contributed by atoms with Gasteiger partial charge in [-0.15, -0.1) is 0 Å². The van der Waals surface area contributed by atoms with E-state index in [-0.39, 0.29) is 11.3 Å². The van der Waals surface area contributed by atoms with Crippen LogP contribution in [0.5, 0.6) is 11.5 Å². The van der Waals surface area contributed by atoms with Gasteiger partial charge in [-0.25, -0.2) is 0 Å². The monoisotopic (exact) mass is 497 g/mol. The Kier molecular flexibility index (Phi) is 6.99. The van der Waals surface area contributed by atoms with Crippen molar-refractivity contribution >= 4 is 23.1 Å². The first kappa shape index (κ1) is 24.6. The number of benzene rings is 3. The number of carbonyl (C=O) groups is 2. The third-order valence-electron chi connectivity index (χ3n) is 6.96. The van der Waals surface area contributed by atoms with Crippen molar-refractivity contribution < 1.29 is 24.2 Å². The fraction of sp³-hybridized carbons (Fsp3) is 0.290. The lowest BCUT2D eigenvalue weighted by atomic mass is 9.88. The van der Waals surface area contributed by atoms with Crippen molar-refractivity contribution in [2.24, 2.45) is 0 Å². The van der Waals surface area contributed by atoms with Crippen LogP contribution in [-0.4, -0.2) is 30.0 Å². The number of aryl methyl sites for hydroxylation is 2. The summed E-state index contributed by atoms with van der Waals surface area (Å²) in [5.41, 5.74) is 4.26. The Bertz CT molecular complexity index is 1380. The number of rotatable bonds is 7. The molecule has 1 fully saturated rings. The maximum absolute atomic E-state index is 13.5. The van der Waals surface area contributed by atoms with Crippen molar-refractivity contribution in [1.29, 1.82) is 0 Å². The minimum atomic E-state index is -0.826. The summed E-state index contributed by atoms with van der Waals surface area (Å²) in [5, 5.41) is 11.5.